The summed E-state index contributed by atoms with van der Waals surface area (Å²) in [6, 6.07) is 6.24. The molecule has 0 saturated carbocycles. The molecule has 0 amide bonds. The first-order valence-corrected chi connectivity index (χ1v) is 5.75. The van der Waals surface area contributed by atoms with Crippen LogP contribution in [0.5, 0.6) is 0 Å². The Labute approximate surface area is 99.9 Å². The van der Waals surface area contributed by atoms with Crippen molar-refractivity contribution < 1.29 is 9.50 Å². The number of β-amino-alcohol motifs (C(OH)–C–C–N with tert-alkyl or cyclic N) is 1. The number of hydrogen-bond donors (Lipinski definition) is 2. The predicted octanol–water partition coefficient (Wildman–Crippen LogP) is 1.35. The minimum Gasteiger partial charge on any atom is -0.388 e. The molecule has 0 spiro atoms. The van der Waals surface area contributed by atoms with Crippen molar-refractivity contribution in [1.82, 2.24) is 5.32 Å². The highest BCUT2D eigenvalue weighted by Crippen LogP contribution is 2.22. The molecule has 1 fully saturated rings. The fourth-order valence-electron chi connectivity index (χ4n) is 2.25. The SMILES string of the molecule is N#Cc1cc(CC2(O)CCCNC2)ccc1F. The maximum atomic E-state index is 13.1. The first-order chi connectivity index (χ1) is 8.13. The Kier molecular flexibility index (Phi) is 3.41. The Morgan fingerprint density at radius 2 is 2.35 bits per heavy atom. The van der Waals surface area contributed by atoms with Crippen LogP contribution in [0.3, 0.4) is 0 Å². The van der Waals surface area contributed by atoms with Crippen LogP contribution in [0.2, 0.25) is 0 Å². The highest BCUT2D eigenvalue weighted by Gasteiger charge is 2.29. The zero-order valence-corrected chi connectivity index (χ0v) is 9.54. The third-order valence-electron chi connectivity index (χ3n) is 3.13. The minimum atomic E-state index is -0.775. The lowest BCUT2D eigenvalue weighted by atomic mass is 9.87. The fourth-order valence-corrected chi connectivity index (χ4v) is 2.25. The van der Waals surface area contributed by atoms with E-state index in [1.165, 1.54) is 12.1 Å². The van der Waals surface area contributed by atoms with Gasteiger partial charge in [-0.15, -0.1) is 0 Å². The summed E-state index contributed by atoms with van der Waals surface area (Å²) in [7, 11) is 0. The summed E-state index contributed by atoms with van der Waals surface area (Å²) in [6.07, 6.45) is 2.12. The molecule has 0 aliphatic carbocycles. The van der Waals surface area contributed by atoms with Crippen molar-refractivity contribution in [2.45, 2.75) is 24.9 Å². The molecule has 1 aromatic rings. The van der Waals surface area contributed by atoms with Crippen LogP contribution in [0.1, 0.15) is 24.0 Å². The Bertz CT molecular complexity index is 447. The van der Waals surface area contributed by atoms with E-state index >= 15 is 0 Å². The van der Waals surface area contributed by atoms with Gasteiger partial charge in [0, 0.05) is 13.0 Å². The average molecular weight is 234 g/mol. The smallest absolute Gasteiger partial charge is 0.140 e. The van der Waals surface area contributed by atoms with Crippen LogP contribution in [0.15, 0.2) is 18.2 Å². The second kappa shape index (κ2) is 4.82. The quantitative estimate of drug-likeness (QED) is 0.812. The van der Waals surface area contributed by atoms with E-state index in [0.29, 0.717) is 13.0 Å². The number of halogens is 1. The molecule has 0 bridgehead atoms. The number of nitriles is 1. The van der Waals surface area contributed by atoms with Crippen molar-refractivity contribution in [3.05, 3.63) is 35.1 Å². The van der Waals surface area contributed by atoms with Gasteiger partial charge in [-0.2, -0.15) is 5.26 Å². The molecule has 2 N–H and O–H groups in total. The van der Waals surface area contributed by atoms with Crippen LogP contribution >= 0.6 is 0 Å². The van der Waals surface area contributed by atoms with Crippen molar-refractivity contribution in [3.63, 3.8) is 0 Å². The van der Waals surface area contributed by atoms with Crippen molar-refractivity contribution in [3.8, 4) is 6.07 Å². The van der Waals surface area contributed by atoms with E-state index in [2.05, 4.69) is 5.32 Å². The molecule has 0 aromatic heterocycles. The third-order valence-corrected chi connectivity index (χ3v) is 3.13. The van der Waals surface area contributed by atoms with E-state index in [9.17, 15) is 9.50 Å². The Morgan fingerprint density at radius 3 is 3.00 bits per heavy atom. The normalized spacial score (nSPS) is 24.3. The molecule has 17 heavy (non-hydrogen) atoms. The average Bonchev–Trinajstić information content (AvgIpc) is 2.32. The van der Waals surface area contributed by atoms with Crippen molar-refractivity contribution in [2.75, 3.05) is 13.1 Å². The van der Waals surface area contributed by atoms with E-state index in [1.807, 2.05) is 6.07 Å². The van der Waals surface area contributed by atoms with Gasteiger partial charge in [0.25, 0.3) is 0 Å². The van der Waals surface area contributed by atoms with Crippen molar-refractivity contribution in [2.24, 2.45) is 0 Å². The van der Waals surface area contributed by atoms with Gasteiger partial charge in [0.1, 0.15) is 11.9 Å². The van der Waals surface area contributed by atoms with Crippen LogP contribution in [0.4, 0.5) is 4.39 Å². The first kappa shape index (κ1) is 12.0. The fraction of sp³-hybridized carbons (Fsp3) is 0.462. The number of rotatable bonds is 2. The zero-order chi connectivity index (χ0) is 12.3. The van der Waals surface area contributed by atoms with Crippen LogP contribution in [0.25, 0.3) is 0 Å². The summed E-state index contributed by atoms with van der Waals surface area (Å²) in [4.78, 5) is 0. The van der Waals surface area contributed by atoms with E-state index in [1.54, 1.807) is 6.07 Å². The number of benzene rings is 1. The van der Waals surface area contributed by atoms with Crippen molar-refractivity contribution in [1.29, 1.82) is 5.26 Å². The Hall–Kier alpha value is -1.44. The number of nitrogens with one attached hydrogen (secondary N) is 1. The molecular formula is C13H15FN2O. The third kappa shape index (κ3) is 2.82. The lowest BCUT2D eigenvalue weighted by molar-refractivity contribution is 0.0169. The molecule has 90 valence electrons. The molecule has 1 aromatic carbocycles. The second-order valence-electron chi connectivity index (χ2n) is 4.61. The molecule has 1 heterocycles. The highest BCUT2D eigenvalue weighted by molar-refractivity contribution is 5.35. The van der Waals surface area contributed by atoms with Gasteiger partial charge in [0.2, 0.25) is 0 Å². The molecule has 2 rings (SSSR count). The van der Waals surface area contributed by atoms with E-state index in [-0.39, 0.29) is 5.56 Å². The zero-order valence-electron chi connectivity index (χ0n) is 9.54. The molecule has 1 saturated heterocycles. The van der Waals surface area contributed by atoms with E-state index in [0.717, 1.165) is 24.9 Å². The maximum absolute atomic E-state index is 13.1. The van der Waals surface area contributed by atoms with Gasteiger partial charge < -0.3 is 10.4 Å². The van der Waals surface area contributed by atoms with E-state index < -0.39 is 11.4 Å². The van der Waals surface area contributed by atoms with Gasteiger partial charge in [-0.25, -0.2) is 4.39 Å². The molecule has 1 aliphatic heterocycles. The van der Waals surface area contributed by atoms with Gasteiger partial charge in [-0.05, 0) is 37.1 Å². The molecule has 4 heteroatoms. The second-order valence-corrected chi connectivity index (χ2v) is 4.61. The molecule has 3 nitrogen and oxygen atoms in total. The molecule has 1 aliphatic rings. The topological polar surface area (TPSA) is 56.0 Å². The van der Waals surface area contributed by atoms with Crippen molar-refractivity contribution >= 4 is 0 Å². The Balaban J connectivity index is 2.15. The van der Waals surface area contributed by atoms with Crippen LogP contribution in [-0.4, -0.2) is 23.8 Å². The lowest BCUT2D eigenvalue weighted by Gasteiger charge is -2.32. The standard InChI is InChI=1S/C13H15FN2O/c14-12-3-2-10(6-11(12)8-15)7-13(17)4-1-5-16-9-13/h2-3,6,16-17H,1,4-5,7,9H2. The summed E-state index contributed by atoms with van der Waals surface area (Å²) in [5.74, 6) is -0.509. The summed E-state index contributed by atoms with van der Waals surface area (Å²) >= 11 is 0. The largest absolute Gasteiger partial charge is 0.388 e. The van der Waals surface area contributed by atoms with Crippen LogP contribution in [0, 0.1) is 17.1 Å². The predicted molar refractivity (Wildman–Crippen MR) is 61.9 cm³/mol. The monoisotopic (exact) mass is 234 g/mol. The molecular weight excluding hydrogens is 219 g/mol. The summed E-state index contributed by atoms with van der Waals surface area (Å²) in [5, 5.41) is 22.2. The molecule has 0 radical (unpaired) electrons. The van der Waals surface area contributed by atoms with Gasteiger partial charge in [-0.1, -0.05) is 6.07 Å². The first-order valence-electron chi connectivity index (χ1n) is 5.75. The number of aliphatic hydroxyl groups is 1. The maximum Gasteiger partial charge on any atom is 0.140 e. The van der Waals surface area contributed by atoms with Gasteiger partial charge in [0.05, 0.1) is 11.2 Å². The number of nitrogens with zero attached hydrogens (tertiary/aromatic N) is 1. The van der Waals surface area contributed by atoms with Gasteiger partial charge in [0.15, 0.2) is 0 Å². The number of hydrogen-bond acceptors (Lipinski definition) is 3. The van der Waals surface area contributed by atoms with E-state index in [4.69, 9.17) is 5.26 Å². The van der Waals surface area contributed by atoms with Crippen LogP contribution < -0.4 is 5.32 Å². The summed E-state index contributed by atoms with van der Waals surface area (Å²) in [6.45, 7) is 1.47. The van der Waals surface area contributed by atoms with Crippen LogP contribution in [-0.2, 0) is 6.42 Å². The van der Waals surface area contributed by atoms with Gasteiger partial charge >= 0.3 is 0 Å². The molecule has 1 atom stereocenters. The summed E-state index contributed by atoms with van der Waals surface area (Å²) in [5.41, 5.74) is 0.0621. The lowest BCUT2D eigenvalue weighted by Crippen LogP contribution is -2.47. The Morgan fingerprint density at radius 1 is 1.53 bits per heavy atom. The highest BCUT2D eigenvalue weighted by atomic mass is 19.1. The van der Waals surface area contributed by atoms with Gasteiger partial charge in [-0.3, -0.25) is 0 Å². The minimum absolute atomic E-state index is 0.0369. The number of piperidine rings is 1. The summed E-state index contributed by atoms with van der Waals surface area (Å²) < 4.78 is 13.1. The molecule has 1 unspecified atom stereocenters.